The van der Waals surface area contributed by atoms with E-state index in [-0.39, 0.29) is 6.61 Å². The molecule has 0 bridgehead atoms. The summed E-state index contributed by atoms with van der Waals surface area (Å²) in [7, 11) is -3.81. The number of fused-ring (bicyclic) bond motifs is 1. The van der Waals surface area contributed by atoms with Crippen molar-refractivity contribution in [2.24, 2.45) is 0 Å². The highest BCUT2D eigenvalue weighted by Crippen LogP contribution is 2.61. The third-order valence-electron chi connectivity index (χ3n) is 6.13. The topological polar surface area (TPSA) is 89.5 Å². The lowest BCUT2D eigenvalue weighted by Crippen LogP contribution is -2.56. The van der Waals surface area contributed by atoms with Crippen LogP contribution in [0.4, 0.5) is 0 Å². The number of carbonyl (C=O) groups is 1. The van der Waals surface area contributed by atoms with Crippen LogP contribution in [-0.4, -0.2) is 54.4 Å². The molecule has 6 atom stereocenters. The molecule has 0 saturated carbocycles. The average Bonchev–Trinajstić information content (AvgIpc) is 3.34. The smallest absolute Gasteiger partial charge is 0.339 e. The summed E-state index contributed by atoms with van der Waals surface area (Å²) in [6.07, 6.45) is -2.81. The Kier molecular flexibility index (Phi) is 5.96. The summed E-state index contributed by atoms with van der Waals surface area (Å²) in [6.45, 7) is 7.40. The lowest BCUT2D eigenvalue weighted by molar-refractivity contribution is -0.174. The van der Waals surface area contributed by atoms with Crippen molar-refractivity contribution in [2.75, 3.05) is 6.61 Å². The second-order valence-electron chi connectivity index (χ2n) is 9.60. The van der Waals surface area contributed by atoms with Crippen molar-refractivity contribution in [1.29, 1.82) is 0 Å². The van der Waals surface area contributed by atoms with Crippen LogP contribution in [0.25, 0.3) is 0 Å². The predicted molar refractivity (Wildman–Crippen MR) is 123 cm³/mol. The first kappa shape index (κ1) is 23.7. The van der Waals surface area contributed by atoms with Crippen molar-refractivity contribution in [3.05, 3.63) is 66.2 Å². The minimum Gasteiger partial charge on any atom is -0.445 e. The fraction of sp³-hybridized carbons (Fsp3) is 0.480. The molecule has 34 heavy (non-hydrogen) atoms. The van der Waals surface area contributed by atoms with Crippen LogP contribution in [0, 0.1) is 0 Å². The van der Waals surface area contributed by atoms with Crippen LogP contribution in [-0.2, 0) is 32.8 Å². The zero-order valence-electron chi connectivity index (χ0n) is 19.6. The lowest BCUT2D eigenvalue weighted by atomic mass is 10.0. The Hall–Kier alpha value is -2.06. The maximum Gasteiger partial charge on any atom is 0.339 e. The van der Waals surface area contributed by atoms with Gasteiger partial charge in [0.15, 0.2) is 11.6 Å². The molecule has 3 aliphatic heterocycles. The third-order valence-corrected chi connectivity index (χ3v) is 8.78. The van der Waals surface area contributed by atoms with E-state index in [0.29, 0.717) is 10.9 Å². The molecular formula is C25H29O8P. The Morgan fingerprint density at radius 3 is 2.09 bits per heavy atom. The molecule has 8 nitrogen and oxygen atoms in total. The van der Waals surface area contributed by atoms with Crippen LogP contribution in [0.1, 0.15) is 38.1 Å². The number of rotatable bonds is 4. The van der Waals surface area contributed by atoms with E-state index < -0.39 is 55.2 Å². The van der Waals surface area contributed by atoms with Gasteiger partial charge in [0.05, 0.1) is 12.2 Å². The average molecular weight is 488 g/mol. The first-order valence-corrected chi connectivity index (χ1v) is 13.0. The molecule has 2 aromatic carbocycles. The Morgan fingerprint density at radius 2 is 1.47 bits per heavy atom. The van der Waals surface area contributed by atoms with Gasteiger partial charge in [0.2, 0.25) is 5.85 Å². The van der Waals surface area contributed by atoms with Crippen LogP contribution in [0.3, 0.4) is 0 Å². The van der Waals surface area contributed by atoms with Crippen molar-refractivity contribution in [3.63, 3.8) is 0 Å². The molecule has 0 aliphatic carbocycles. The summed E-state index contributed by atoms with van der Waals surface area (Å²) in [4.78, 5) is 13.1. The second kappa shape index (κ2) is 8.55. The predicted octanol–water partition coefficient (Wildman–Crippen LogP) is 3.84. The van der Waals surface area contributed by atoms with Crippen LogP contribution in [0.5, 0.6) is 0 Å². The molecule has 9 heteroatoms. The van der Waals surface area contributed by atoms with Crippen molar-refractivity contribution in [2.45, 2.75) is 69.5 Å². The number of ether oxygens (including phenoxy) is 5. The van der Waals surface area contributed by atoms with Crippen LogP contribution >= 0.6 is 7.37 Å². The van der Waals surface area contributed by atoms with Gasteiger partial charge in [0, 0.05) is 5.30 Å². The van der Waals surface area contributed by atoms with Gasteiger partial charge in [0.1, 0.15) is 24.4 Å². The van der Waals surface area contributed by atoms with E-state index in [0.717, 1.165) is 0 Å². The van der Waals surface area contributed by atoms with Gasteiger partial charge in [0.25, 0.3) is 7.37 Å². The van der Waals surface area contributed by atoms with E-state index in [1.54, 1.807) is 68.4 Å². The lowest BCUT2D eigenvalue weighted by Gasteiger charge is -2.43. The largest absolute Gasteiger partial charge is 0.445 e. The fourth-order valence-electron chi connectivity index (χ4n) is 4.67. The highest BCUT2D eigenvalue weighted by Gasteiger charge is 2.64. The molecule has 0 spiro atoms. The van der Waals surface area contributed by atoms with Gasteiger partial charge in [-0.15, -0.1) is 0 Å². The molecule has 0 radical (unpaired) electrons. The SMILES string of the molecule is CC1(C)O[C@H]2[C@@H]([C@H]3COC(C)(C)O3)O[P@](=O)(c3ccccc3)[C@@H](OC(=O)c3ccccc3)[C@H]2O1. The van der Waals surface area contributed by atoms with Gasteiger partial charge in [-0.2, -0.15) is 0 Å². The molecule has 3 aliphatic rings. The summed E-state index contributed by atoms with van der Waals surface area (Å²) < 4.78 is 51.2. The summed E-state index contributed by atoms with van der Waals surface area (Å²) in [5.74, 6) is -3.64. The quantitative estimate of drug-likeness (QED) is 0.474. The van der Waals surface area contributed by atoms with E-state index >= 15 is 0 Å². The Labute approximate surface area is 198 Å². The van der Waals surface area contributed by atoms with Crippen LogP contribution in [0.15, 0.2) is 60.7 Å². The summed E-state index contributed by atoms with van der Waals surface area (Å²) in [6, 6.07) is 17.3. The van der Waals surface area contributed by atoms with Gasteiger partial charge in [-0.05, 0) is 52.0 Å². The zero-order valence-corrected chi connectivity index (χ0v) is 20.5. The van der Waals surface area contributed by atoms with E-state index in [2.05, 4.69) is 0 Å². The molecule has 0 unspecified atom stereocenters. The van der Waals surface area contributed by atoms with Gasteiger partial charge >= 0.3 is 5.97 Å². The van der Waals surface area contributed by atoms with E-state index in [9.17, 15) is 9.36 Å². The fourth-order valence-corrected chi connectivity index (χ4v) is 7.27. The first-order valence-electron chi connectivity index (χ1n) is 11.4. The molecule has 2 aromatic rings. The van der Waals surface area contributed by atoms with E-state index in [1.807, 2.05) is 19.9 Å². The van der Waals surface area contributed by atoms with Crippen LogP contribution in [0.2, 0.25) is 0 Å². The Morgan fingerprint density at radius 1 is 0.853 bits per heavy atom. The molecule has 0 aromatic heterocycles. The van der Waals surface area contributed by atoms with Gasteiger partial charge in [-0.1, -0.05) is 36.4 Å². The Bertz CT molecular complexity index is 1090. The third kappa shape index (κ3) is 4.35. The molecule has 3 fully saturated rings. The van der Waals surface area contributed by atoms with Crippen molar-refractivity contribution in [1.82, 2.24) is 0 Å². The first-order chi connectivity index (χ1) is 16.1. The van der Waals surface area contributed by atoms with E-state index in [1.165, 1.54) is 0 Å². The highest BCUT2D eigenvalue weighted by atomic mass is 31.2. The minimum atomic E-state index is -3.81. The summed E-state index contributed by atoms with van der Waals surface area (Å²) in [5, 5.41) is 0.427. The summed E-state index contributed by atoms with van der Waals surface area (Å²) >= 11 is 0. The van der Waals surface area contributed by atoms with Crippen molar-refractivity contribution < 1.29 is 37.6 Å². The number of hydrogen-bond donors (Lipinski definition) is 0. The minimum absolute atomic E-state index is 0.244. The monoisotopic (exact) mass is 488 g/mol. The normalized spacial score (nSPS) is 36.1. The maximum absolute atomic E-state index is 14.7. The van der Waals surface area contributed by atoms with E-state index in [4.69, 9.17) is 28.2 Å². The molecule has 182 valence electrons. The standard InChI is InChI=1S/C25H29O8P/c1-24(2)28-15-18(30-24)19-20-21(32-25(3,4)31-20)23(29-22(26)16-11-7-5-8-12-16)34(27,33-19)17-13-9-6-10-14-17/h5-14,18-21,23H,15H2,1-4H3/t18-,19-,20+,21+,23-,34-/m1/s1. The Balaban J connectivity index is 1.56. The van der Waals surface area contributed by atoms with Crippen molar-refractivity contribution in [3.8, 4) is 0 Å². The number of esters is 1. The molecule has 3 heterocycles. The molecule has 0 N–H and O–H groups in total. The maximum atomic E-state index is 14.7. The number of carbonyl (C=O) groups excluding carboxylic acids is 1. The molecule has 5 rings (SSSR count). The number of hydrogen-bond acceptors (Lipinski definition) is 8. The highest BCUT2D eigenvalue weighted by molar-refractivity contribution is 7.67. The summed E-state index contributed by atoms with van der Waals surface area (Å²) in [5.41, 5.74) is 0.341. The second-order valence-corrected chi connectivity index (χ2v) is 12.0. The van der Waals surface area contributed by atoms with Crippen molar-refractivity contribution >= 4 is 18.6 Å². The molecule has 3 saturated heterocycles. The van der Waals surface area contributed by atoms with Gasteiger partial charge < -0.3 is 28.2 Å². The molecular weight excluding hydrogens is 459 g/mol. The zero-order chi connectivity index (χ0) is 24.1. The van der Waals surface area contributed by atoms with Gasteiger partial charge in [-0.3, -0.25) is 4.57 Å². The number of benzene rings is 2. The van der Waals surface area contributed by atoms with Crippen LogP contribution < -0.4 is 5.30 Å². The molecule has 0 amide bonds. The van der Waals surface area contributed by atoms with Gasteiger partial charge in [-0.25, -0.2) is 4.79 Å².